The molecular weight excluding hydrogens is 239 g/mol. The lowest BCUT2D eigenvalue weighted by Gasteiger charge is -2.24. The first kappa shape index (κ1) is 11.8. The standard InChI is InChI=1S/C19H17B/c1-14-10-11-16-13-20(17-7-3-2-4-8-17)12-15-6-5-9-18(14)19(15)16/h2-11H,12-13H2,1H3. The minimum Gasteiger partial charge on any atom is -0.0794 e. The van der Waals surface area contributed by atoms with Crippen LogP contribution in [0.4, 0.5) is 0 Å². The predicted molar refractivity (Wildman–Crippen MR) is 87.9 cm³/mol. The molecule has 0 N–H and O–H groups in total. The first-order valence-corrected chi connectivity index (χ1v) is 7.38. The van der Waals surface area contributed by atoms with Gasteiger partial charge in [-0.2, -0.15) is 0 Å². The molecule has 0 aliphatic carbocycles. The maximum absolute atomic E-state index is 2.33. The molecule has 1 aliphatic heterocycles. The number of rotatable bonds is 1. The fraction of sp³-hybridized carbons (Fsp3) is 0.158. The molecule has 0 radical (unpaired) electrons. The molecule has 0 bridgehead atoms. The Kier molecular flexibility index (Phi) is 2.66. The summed E-state index contributed by atoms with van der Waals surface area (Å²) in [6, 6.07) is 22.3. The van der Waals surface area contributed by atoms with Crippen LogP contribution in [-0.4, -0.2) is 6.71 Å². The van der Waals surface area contributed by atoms with Crippen LogP contribution in [-0.2, 0) is 12.6 Å². The molecule has 0 amide bonds. The van der Waals surface area contributed by atoms with Crippen molar-refractivity contribution in [2.75, 3.05) is 0 Å². The van der Waals surface area contributed by atoms with Crippen molar-refractivity contribution >= 4 is 22.9 Å². The molecule has 0 saturated heterocycles. The molecule has 0 saturated carbocycles. The summed E-state index contributed by atoms with van der Waals surface area (Å²) in [7, 11) is 0. The van der Waals surface area contributed by atoms with Crippen LogP contribution in [0.1, 0.15) is 16.7 Å². The summed E-state index contributed by atoms with van der Waals surface area (Å²) in [6.45, 7) is 2.84. The maximum atomic E-state index is 2.33. The highest BCUT2D eigenvalue weighted by atomic mass is 14.1. The van der Waals surface area contributed by atoms with E-state index < -0.39 is 0 Å². The first-order valence-electron chi connectivity index (χ1n) is 7.38. The lowest BCUT2D eigenvalue weighted by molar-refractivity contribution is 1.25. The highest BCUT2D eigenvalue weighted by Crippen LogP contribution is 2.31. The van der Waals surface area contributed by atoms with Crippen LogP contribution >= 0.6 is 0 Å². The van der Waals surface area contributed by atoms with E-state index in [0.717, 1.165) is 12.6 Å². The van der Waals surface area contributed by atoms with E-state index in [0.29, 0.717) is 6.71 Å². The first-order chi connectivity index (χ1) is 9.83. The summed E-state index contributed by atoms with van der Waals surface area (Å²) < 4.78 is 0. The maximum Gasteiger partial charge on any atom is 0.184 e. The van der Waals surface area contributed by atoms with E-state index in [9.17, 15) is 0 Å². The van der Waals surface area contributed by atoms with Gasteiger partial charge in [-0.15, -0.1) is 0 Å². The number of hydrogen-bond donors (Lipinski definition) is 0. The molecule has 0 aromatic heterocycles. The van der Waals surface area contributed by atoms with Crippen LogP contribution in [0.3, 0.4) is 0 Å². The Labute approximate surface area is 120 Å². The zero-order valence-corrected chi connectivity index (χ0v) is 11.8. The summed E-state index contributed by atoms with van der Waals surface area (Å²) in [4.78, 5) is 0. The SMILES string of the molecule is Cc1ccc2c3c(cccc13)CB(c1ccccc1)C2. The van der Waals surface area contributed by atoms with E-state index in [1.54, 1.807) is 0 Å². The molecule has 20 heavy (non-hydrogen) atoms. The summed E-state index contributed by atoms with van der Waals surface area (Å²) in [5.41, 5.74) is 5.89. The Morgan fingerprint density at radius 3 is 2.30 bits per heavy atom. The monoisotopic (exact) mass is 256 g/mol. The summed E-state index contributed by atoms with van der Waals surface area (Å²) >= 11 is 0. The molecule has 4 rings (SSSR count). The van der Waals surface area contributed by atoms with Crippen molar-refractivity contribution in [1.82, 2.24) is 0 Å². The quantitative estimate of drug-likeness (QED) is 0.582. The highest BCUT2D eigenvalue weighted by molar-refractivity contribution is 6.73. The Morgan fingerprint density at radius 2 is 1.50 bits per heavy atom. The second kappa shape index (κ2) is 4.52. The molecule has 0 unspecified atom stereocenters. The smallest absolute Gasteiger partial charge is 0.0794 e. The number of aryl methyl sites for hydroxylation is 1. The van der Waals surface area contributed by atoms with E-state index in [2.05, 4.69) is 67.6 Å². The van der Waals surface area contributed by atoms with Crippen molar-refractivity contribution < 1.29 is 0 Å². The van der Waals surface area contributed by atoms with Gasteiger partial charge < -0.3 is 0 Å². The van der Waals surface area contributed by atoms with E-state index >= 15 is 0 Å². The highest BCUT2D eigenvalue weighted by Gasteiger charge is 2.25. The van der Waals surface area contributed by atoms with Gasteiger partial charge in [0.2, 0.25) is 0 Å². The second-order valence-electron chi connectivity index (χ2n) is 5.90. The van der Waals surface area contributed by atoms with Crippen molar-refractivity contribution in [3.05, 3.63) is 77.4 Å². The van der Waals surface area contributed by atoms with Gasteiger partial charge in [-0.1, -0.05) is 66.1 Å². The summed E-state index contributed by atoms with van der Waals surface area (Å²) in [6.07, 6.45) is 2.33. The third-order valence-corrected chi connectivity index (χ3v) is 4.63. The third kappa shape index (κ3) is 1.77. The summed E-state index contributed by atoms with van der Waals surface area (Å²) in [5, 5.41) is 2.95. The third-order valence-electron chi connectivity index (χ3n) is 4.63. The molecule has 0 nitrogen and oxygen atoms in total. The molecule has 0 fully saturated rings. The molecule has 96 valence electrons. The van der Waals surface area contributed by atoms with Crippen molar-refractivity contribution in [2.24, 2.45) is 0 Å². The van der Waals surface area contributed by atoms with Crippen LogP contribution in [0.2, 0.25) is 0 Å². The average molecular weight is 256 g/mol. The topological polar surface area (TPSA) is 0 Å². The van der Waals surface area contributed by atoms with Crippen LogP contribution in [0.15, 0.2) is 60.7 Å². The van der Waals surface area contributed by atoms with E-state index in [1.807, 2.05) is 0 Å². The lowest BCUT2D eigenvalue weighted by atomic mass is 9.37. The van der Waals surface area contributed by atoms with Gasteiger partial charge >= 0.3 is 0 Å². The number of hydrogen-bond acceptors (Lipinski definition) is 0. The van der Waals surface area contributed by atoms with Crippen molar-refractivity contribution in [2.45, 2.75) is 19.6 Å². The zero-order chi connectivity index (χ0) is 13.5. The van der Waals surface area contributed by atoms with Crippen LogP contribution in [0, 0.1) is 6.92 Å². The Hall–Kier alpha value is -2.02. The average Bonchev–Trinajstić information content (AvgIpc) is 2.51. The molecule has 0 spiro atoms. The fourth-order valence-corrected chi connectivity index (χ4v) is 3.61. The molecule has 1 aliphatic rings. The Bertz CT molecular complexity index is 762. The molecule has 3 aromatic rings. The van der Waals surface area contributed by atoms with Gasteiger partial charge in [0, 0.05) is 0 Å². The number of benzene rings is 3. The van der Waals surface area contributed by atoms with Gasteiger partial charge in [0.1, 0.15) is 0 Å². The summed E-state index contributed by atoms with van der Waals surface area (Å²) in [5.74, 6) is 0. The van der Waals surface area contributed by atoms with Gasteiger partial charge in [-0.25, -0.2) is 0 Å². The van der Waals surface area contributed by atoms with E-state index in [1.165, 1.54) is 32.9 Å². The van der Waals surface area contributed by atoms with Gasteiger partial charge in [0.25, 0.3) is 0 Å². The van der Waals surface area contributed by atoms with Gasteiger partial charge in [-0.05, 0) is 47.0 Å². The minimum atomic E-state index is 0.622. The molecular formula is C19H17B. The minimum absolute atomic E-state index is 0.622. The fourth-order valence-electron chi connectivity index (χ4n) is 3.61. The predicted octanol–water partition coefficient (Wildman–Crippen LogP) is 3.73. The molecule has 0 atom stereocenters. The largest absolute Gasteiger partial charge is 0.184 e. The van der Waals surface area contributed by atoms with Gasteiger partial charge in [0.15, 0.2) is 6.71 Å². The van der Waals surface area contributed by atoms with Crippen molar-refractivity contribution in [1.29, 1.82) is 0 Å². The molecule has 1 heterocycles. The van der Waals surface area contributed by atoms with Gasteiger partial charge in [0.05, 0.1) is 0 Å². The van der Waals surface area contributed by atoms with Crippen LogP contribution in [0.25, 0.3) is 10.8 Å². The van der Waals surface area contributed by atoms with E-state index in [4.69, 9.17) is 0 Å². The van der Waals surface area contributed by atoms with Crippen molar-refractivity contribution in [3.8, 4) is 0 Å². The Morgan fingerprint density at radius 1 is 0.750 bits per heavy atom. The normalized spacial score (nSPS) is 13.8. The molecule has 1 heteroatoms. The van der Waals surface area contributed by atoms with Crippen LogP contribution < -0.4 is 5.46 Å². The zero-order valence-electron chi connectivity index (χ0n) is 11.8. The lowest BCUT2D eigenvalue weighted by Crippen LogP contribution is -2.37. The van der Waals surface area contributed by atoms with E-state index in [-0.39, 0.29) is 0 Å². The van der Waals surface area contributed by atoms with Crippen molar-refractivity contribution in [3.63, 3.8) is 0 Å². The van der Waals surface area contributed by atoms with Crippen LogP contribution in [0.5, 0.6) is 0 Å². The van der Waals surface area contributed by atoms with Gasteiger partial charge in [-0.3, -0.25) is 0 Å². The Balaban J connectivity index is 1.87. The second-order valence-corrected chi connectivity index (χ2v) is 5.90. The molecule has 3 aromatic carbocycles.